The molecular weight excluding hydrogens is 236 g/mol. The van der Waals surface area contributed by atoms with Crippen molar-refractivity contribution in [3.8, 4) is 0 Å². The van der Waals surface area contributed by atoms with E-state index < -0.39 is 5.60 Å². The number of ether oxygens (including phenoxy) is 1. The van der Waals surface area contributed by atoms with Gasteiger partial charge in [0.25, 0.3) is 0 Å². The zero-order valence-corrected chi connectivity index (χ0v) is 11.8. The van der Waals surface area contributed by atoms with E-state index in [1.807, 2.05) is 13.0 Å². The quantitative estimate of drug-likeness (QED) is 0.424. The van der Waals surface area contributed by atoms with Crippen LogP contribution in [-0.4, -0.2) is 18.0 Å². The fourth-order valence-corrected chi connectivity index (χ4v) is 2.31. The number of benzene rings is 1. The SMILES string of the molecule is C/C(=C\CCc1ccccc1)CC[C@@H]1O[C@@]1(C)C=O. The first-order valence-corrected chi connectivity index (χ1v) is 6.98. The monoisotopic (exact) mass is 258 g/mol. The number of aryl methyl sites for hydroxylation is 1. The number of carbonyl (C=O) groups excluding carboxylic acids is 1. The molecule has 1 fully saturated rings. The van der Waals surface area contributed by atoms with Gasteiger partial charge in [0, 0.05) is 0 Å². The van der Waals surface area contributed by atoms with Crippen LogP contribution in [0.4, 0.5) is 0 Å². The van der Waals surface area contributed by atoms with Gasteiger partial charge in [0.1, 0.15) is 5.60 Å². The van der Waals surface area contributed by atoms with Crippen molar-refractivity contribution < 1.29 is 9.53 Å². The van der Waals surface area contributed by atoms with E-state index in [1.54, 1.807) is 0 Å². The Balaban J connectivity index is 1.68. The van der Waals surface area contributed by atoms with E-state index in [9.17, 15) is 4.79 Å². The van der Waals surface area contributed by atoms with E-state index in [0.29, 0.717) is 0 Å². The molecule has 0 saturated carbocycles. The molecule has 0 unspecified atom stereocenters. The van der Waals surface area contributed by atoms with Gasteiger partial charge in [-0.25, -0.2) is 0 Å². The van der Waals surface area contributed by atoms with Crippen LogP contribution in [0.15, 0.2) is 42.0 Å². The minimum Gasteiger partial charge on any atom is -0.358 e. The predicted molar refractivity (Wildman–Crippen MR) is 77.1 cm³/mol. The topological polar surface area (TPSA) is 29.6 Å². The molecule has 0 amide bonds. The van der Waals surface area contributed by atoms with Crippen LogP contribution in [0.1, 0.15) is 38.7 Å². The van der Waals surface area contributed by atoms with Crippen LogP contribution in [-0.2, 0) is 16.0 Å². The predicted octanol–water partition coefficient (Wildman–Crippen LogP) is 3.70. The lowest BCUT2D eigenvalue weighted by Gasteiger charge is -2.01. The molecule has 2 atom stereocenters. The normalized spacial score (nSPS) is 26.2. The Bertz CT molecular complexity index is 450. The molecule has 1 aromatic carbocycles. The summed E-state index contributed by atoms with van der Waals surface area (Å²) in [6.07, 6.45) is 7.48. The van der Waals surface area contributed by atoms with E-state index >= 15 is 0 Å². The zero-order valence-electron chi connectivity index (χ0n) is 11.8. The first-order chi connectivity index (χ1) is 9.14. The van der Waals surface area contributed by atoms with Crippen molar-refractivity contribution in [1.82, 2.24) is 0 Å². The minimum absolute atomic E-state index is 0.127. The van der Waals surface area contributed by atoms with Gasteiger partial charge in [-0.2, -0.15) is 0 Å². The number of carbonyl (C=O) groups is 1. The maximum Gasteiger partial charge on any atom is 0.154 e. The second-order valence-corrected chi connectivity index (χ2v) is 5.52. The number of hydrogen-bond acceptors (Lipinski definition) is 2. The molecule has 0 N–H and O–H groups in total. The van der Waals surface area contributed by atoms with Crippen molar-refractivity contribution in [2.75, 3.05) is 0 Å². The summed E-state index contributed by atoms with van der Waals surface area (Å²) in [5.41, 5.74) is 2.27. The molecular formula is C17H22O2. The van der Waals surface area contributed by atoms with Gasteiger partial charge >= 0.3 is 0 Å². The van der Waals surface area contributed by atoms with Crippen LogP contribution < -0.4 is 0 Å². The Labute approximate surface area is 115 Å². The highest BCUT2D eigenvalue weighted by Gasteiger charge is 2.51. The summed E-state index contributed by atoms with van der Waals surface area (Å²) in [5.74, 6) is 0. The van der Waals surface area contributed by atoms with Crippen LogP contribution in [0.3, 0.4) is 0 Å². The minimum atomic E-state index is -0.496. The summed E-state index contributed by atoms with van der Waals surface area (Å²) in [6, 6.07) is 10.5. The lowest BCUT2D eigenvalue weighted by atomic mass is 10.0. The largest absolute Gasteiger partial charge is 0.358 e. The highest BCUT2D eigenvalue weighted by molar-refractivity contribution is 5.66. The Hall–Kier alpha value is -1.41. The second kappa shape index (κ2) is 6.16. The van der Waals surface area contributed by atoms with Gasteiger partial charge in [-0.15, -0.1) is 0 Å². The molecule has 0 aromatic heterocycles. The second-order valence-electron chi connectivity index (χ2n) is 5.52. The van der Waals surface area contributed by atoms with Gasteiger partial charge in [-0.1, -0.05) is 42.0 Å². The van der Waals surface area contributed by atoms with Crippen molar-refractivity contribution in [3.05, 3.63) is 47.5 Å². The first-order valence-electron chi connectivity index (χ1n) is 6.98. The van der Waals surface area contributed by atoms with Crippen molar-refractivity contribution in [1.29, 1.82) is 0 Å². The van der Waals surface area contributed by atoms with Crippen molar-refractivity contribution >= 4 is 6.29 Å². The summed E-state index contributed by atoms with van der Waals surface area (Å²) in [5, 5.41) is 0. The number of allylic oxidation sites excluding steroid dienone is 2. The Morgan fingerprint density at radius 3 is 2.74 bits per heavy atom. The van der Waals surface area contributed by atoms with E-state index in [-0.39, 0.29) is 6.10 Å². The Kier molecular flexibility index (Phi) is 4.54. The van der Waals surface area contributed by atoms with Crippen molar-refractivity contribution in [2.45, 2.75) is 51.2 Å². The number of epoxide rings is 1. The zero-order chi connectivity index (χ0) is 13.7. The van der Waals surface area contributed by atoms with E-state index in [4.69, 9.17) is 4.74 Å². The molecule has 102 valence electrons. The van der Waals surface area contributed by atoms with Crippen LogP contribution in [0, 0.1) is 0 Å². The molecule has 0 bridgehead atoms. The summed E-state index contributed by atoms with van der Waals surface area (Å²) in [6.45, 7) is 4.02. The molecule has 19 heavy (non-hydrogen) atoms. The van der Waals surface area contributed by atoms with Crippen LogP contribution >= 0.6 is 0 Å². The smallest absolute Gasteiger partial charge is 0.154 e. The molecule has 1 aliphatic rings. The first kappa shape index (κ1) is 14.0. The molecule has 2 nitrogen and oxygen atoms in total. The average molecular weight is 258 g/mol. The molecule has 2 heteroatoms. The summed E-state index contributed by atoms with van der Waals surface area (Å²) >= 11 is 0. The third-order valence-corrected chi connectivity index (χ3v) is 3.78. The van der Waals surface area contributed by atoms with E-state index in [0.717, 1.165) is 32.0 Å². The highest BCUT2D eigenvalue weighted by atomic mass is 16.6. The molecule has 1 aromatic rings. The Morgan fingerprint density at radius 1 is 1.37 bits per heavy atom. The van der Waals surface area contributed by atoms with E-state index in [2.05, 4.69) is 37.3 Å². The highest BCUT2D eigenvalue weighted by Crippen LogP contribution is 2.37. The number of aldehydes is 1. The van der Waals surface area contributed by atoms with Crippen molar-refractivity contribution in [3.63, 3.8) is 0 Å². The summed E-state index contributed by atoms with van der Waals surface area (Å²) < 4.78 is 5.38. The molecule has 1 aliphatic heterocycles. The van der Waals surface area contributed by atoms with Gasteiger partial charge < -0.3 is 9.53 Å². The third kappa shape index (κ3) is 4.03. The average Bonchev–Trinajstić information content (AvgIpc) is 3.09. The lowest BCUT2D eigenvalue weighted by molar-refractivity contribution is -0.111. The van der Waals surface area contributed by atoms with Crippen LogP contribution in [0.2, 0.25) is 0 Å². The number of hydrogen-bond donors (Lipinski definition) is 0. The maximum atomic E-state index is 10.7. The Morgan fingerprint density at radius 2 is 2.11 bits per heavy atom. The standard InChI is InChI=1S/C17H22O2/c1-14(11-12-16-17(2,13-18)19-16)7-6-10-15-8-4-3-5-9-15/h3-5,7-9,13,16H,6,10-12H2,1-2H3/b14-7+/t16-,17-/m0/s1. The van der Waals surface area contributed by atoms with Gasteiger partial charge in [0.2, 0.25) is 0 Å². The molecule has 0 radical (unpaired) electrons. The lowest BCUT2D eigenvalue weighted by Crippen LogP contribution is -2.10. The molecule has 0 aliphatic carbocycles. The van der Waals surface area contributed by atoms with Crippen LogP contribution in [0.5, 0.6) is 0 Å². The van der Waals surface area contributed by atoms with Gasteiger partial charge in [0.05, 0.1) is 6.10 Å². The van der Waals surface area contributed by atoms with Gasteiger partial charge in [0.15, 0.2) is 6.29 Å². The molecule has 1 heterocycles. The summed E-state index contributed by atoms with van der Waals surface area (Å²) in [4.78, 5) is 10.7. The molecule has 1 saturated heterocycles. The third-order valence-electron chi connectivity index (χ3n) is 3.78. The fourth-order valence-electron chi connectivity index (χ4n) is 2.31. The van der Waals surface area contributed by atoms with Gasteiger partial charge in [-0.05, 0) is 45.1 Å². The maximum absolute atomic E-state index is 10.7. The van der Waals surface area contributed by atoms with Crippen molar-refractivity contribution in [2.24, 2.45) is 0 Å². The molecule has 0 spiro atoms. The fraction of sp³-hybridized carbons (Fsp3) is 0.471. The van der Waals surface area contributed by atoms with E-state index in [1.165, 1.54) is 11.1 Å². The van der Waals surface area contributed by atoms with Crippen LogP contribution in [0.25, 0.3) is 0 Å². The molecule has 2 rings (SSSR count). The van der Waals surface area contributed by atoms with Gasteiger partial charge in [-0.3, -0.25) is 0 Å². The number of rotatable bonds is 7. The summed E-state index contributed by atoms with van der Waals surface area (Å²) in [7, 11) is 0.